The summed E-state index contributed by atoms with van der Waals surface area (Å²) in [5.74, 6) is 0. The van der Waals surface area contributed by atoms with E-state index in [1.807, 2.05) is 20.8 Å². The van der Waals surface area contributed by atoms with Crippen molar-refractivity contribution in [3.05, 3.63) is 0 Å². The predicted octanol–water partition coefficient (Wildman–Crippen LogP) is 0.264. The summed E-state index contributed by atoms with van der Waals surface area (Å²) < 4.78 is 0. The highest BCUT2D eigenvalue weighted by Crippen LogP contribution is 2.19. The topological polar surface area (TPSA) is 125 Å². The first-order valence-electron chi connectivity index (χ1n) is 4.86. The van der Waals surface area contributed by atoms with Crippen molar-refractivity contribution in [2.45, 2.75) is 32.9 Å². The second-order valence-corrected chi connectivity index (χ2v) is 4.63. The van der Waals surface area contributed by atoms with Crippen molar-refractivity contribution in [3.63, 3.8) is 0 Å². The molecule has 94 valence electrons. The van der Waals surface area contributed by atoms with Crippen LogP contribution in [-0.4, -0.2) is 41.0 Å². The van der Waals surface area contributed by atoms with Crippen LogP contribution in [0, 0.1) is 5.41 Å². The van der Waals surface area contributed by atoms with Crippen LogP contribution in [-0.2, 0) is 0 Å². The first-order valence-corrected chi connectivity index (χ1v) is 4.86. The van der Waals surface area contributed by atoms with E-state index in [0.717, 1.165) is 0 Å². The molecule has 0 aromatic heterocycles. The standard InChI is InChI=1S/C9H19N3O4/c1-9(2,3)6(10)5(12-8(15)16)4-11-7(13)14/h5-6,11-12H,4,10H2,1-3H3,(H,13,14)(H,15,16). The van der Waals surface area contributed by atoms with Crippen LogP contribution in [0.1, 0.15) is 20.8 Å². The Labute approximate surface area is 94.0 Å². The van der Waals surface area contributed by atoms with Crippen LogP contribution in [0.2, 0.25) is 0 Å². The molecule has 2 unspecified atom stereocenters. The molecule has 0 radical (unpaired) electrons. The monoisotopic (exact) mass is 233 g/mol. The SMILES string of the molecule is CC(C)(C)C(N)C(CNC(=O)O)NC(=O)O. The van der Waals surface area contributed by atoms with Crippen LogP contribution in [0.15, 0.2) is 0 Å². The lowest BCUT2D eigenvalue weighted by atomic mass is 9.83. The molecule has 0 spiro atoms. The summed E-state index contributed by atoms with van der Waals surface area (Å²) >= 11 is 0. The molecule has 2 atom stereocenters. The summed E-state index contributed by atoms with van der Waals surface area (Å²) in [6, 6.07) is -1.15. The Morgan fingerprint density at radius 3 is 2.06 bits per heavy atom. The van der Waals surface area contributed by atoms with Crippen LogP contribution < -0.4 is 16.4 Å². The van der Waals surface area contributed by atoms with E-state index >= 15 is 0 Å². The van der Waals surface area contributed by atoms with Gasteiger partial charge in [-0.15, -0.1) is 0 Å². The molecule has 0 aliphatic carbocycles. The molecule has 0 aromatic rings. The lowest BCUT2D eigenvalue weighted by Crippen LogP contribution is -2.57. The second-order valence-electron chi connectivity index (χ2n) is 4.63. The van der Waals surface area contributed by atoms with Gasteiger partial charge in [-0.2, -0.15) is 0 Å². The van der Waals surface area contributed by atoms with Crippen molar-refractivity contribution >= 4 is 12.2 Å². The van der Waals surface area contributed by atoms with Gasteiger partial charge in [-0.1, -0.05) is 20.8 Å². The molecule has 0 aliphatic rings. The van der Waals surface area contributed by atoms with E-state index in [4.69, 9.17) is 15.9 Å². The molecular weight excluding hydrogens is 214 g/mol. The third-order valence-corrected chi connectivity index (χ3v) is 2.22. The van der Waals surface area contributed by atoms with Gasteiger partial charge in [-0.05, 0) is 5.41 Å². The summed E-state index contributed by atoms with van der Waals surface area (Å²) in [4.78, 5) is 20.9. The number of hydrogen-bond acceptors (Lipinski definition) is 3. The van der Waals surface area contributed by atoms with Crippen LogP contribution in [0.25, 0.3) is 0 Å². The molecule has 16 heavy (non-hydrogen) atoms. The Hall–Kier alpha value is -1.50. The maximum Gasteiger partial charge on any atom is 0.404 e. The number of carboxylic acid groups (broad SMARTS) is 2. The van der Waals surface area contributed by atoms with Crippen LogP contribution in [0.5, 0.6) is 0 Å². The molecule has 6 N–H and O–H groups in total. The summed E-state index contributed by atoms with van der Waals surface area (Å²) in [6.45, 7) is 5.51. The van der Waals surface area contributed by atoms with Crippen LogP contribution in [0.3, 0.4) is 0 Å². The van der Waals surface area contributed by atoms with E-state index in [2.05, 4.69) is 10.6 Å². The minimum absolute atomic E-state index is 0.0555. The van der Waals surface area contributed by atoms with E-state index in [-0.39, 0.29) is 12.0 Å². The van der Waals surface area contributed by atoms with Crippen molar-refractivity contribution in [2.24, 2.45) is 11.1 Å². The summed E-state index contributed by atoms with van der Waals surface area (Å²) in [6.07, 6.45) is -2.44. The number of nitrogens with one attached hydrogen (secondary N) is 2. The molecule has 0 bridgehead atoms. The molecule has 0 fully saturated rings. The molecule has 2 amide bonds. The van der Waals surface area contributed by atoms with E-state index < -0.39 is 24.3 Å². The number of amides is 2. The van der Waals surface area contributed by atoms with Gasteiger partial charge in [0.15, 0.2) is 0 Å². The molecule has 7 heteroatoms. The minimum Gasteiger partial charge on any atom is -0.465 e. The first kappa shape index (κ1) is 14.5. The zero-order chi connectivity index (χ0) is 12.9. The van der Waals surface area contributed by atoms with E-state index in [1.54, 1.807) is 0 Å². The lowest BCUT2D eigenvalue weighted by Gasteiger charge is -2.33. The van der Waals surface area contributed by atoms with Crippen molar-refractivity contribution in [1.82, 2.24) is 10.6 Å². The smallest absolute Gasteiger partial charge is 0.404 e. The molecule has 0 aliphatic heterocycles. The fraction of sp³-hybridized carbons (Fsp3) is 0.778. The van der Waals surface area contributed by atoms with Gasteiger partial charge in [-0.3, -0.25) is 0 Å². The molecule has 0 aromatic carbocycles. The summed E-state index contributed by atoms with van der Waals surface area (Å²) in [7, 11) is 0. The highest BCUT2D eigenvalue weighted by atomic mass is 16.4. The number of rotatable bonds is 4. The maximum atomic E-state index is 10.5. The predicted molar refractivity (Wildman–Crippen MR) is 58.4 cm³/mol. The van der Waals surface area contributed by atoms with Gasteiger partial charge in [0.2, 0.25) is 0 Å². The normalized spacial score (nSPS) is 15.0. The summed E-state index contributed by atoms with van der Waals surface area (Å²) in [5.41, 5.74) is 5.54. The van der Waals surface area contributed by atoms with E-state index in [1.165, 1.54) is 0 Å². The quantitative estimate of drug-likeness (QED) is 0.476. The maximum absolute atomic E-state index is 10.5. The highest BCUT2D eigenvalue weighted by Gasteiger charge is 2.30. The average Bonchev–Trinajstić information content (AvgIpc) is 2.08. The van der Waals surface area contributed by atoms with Crippen LogP contribution >= 0.6 is 0 Å². The van der Waals surface area contributed by atoms with E-state index in [9.17, 15) is 9.59 Å². The Kier molecular flexibility index (Phi) is 5.03. The Balaban J connectivity index is 4.53. The molecule has 0 saturated heterocycles. The molecule has 7 nitrogen and oxygen atoms in total. The Morgan fingerprint density at radius 1 is 1.25 bits per heavy atom. The molecule has 0 rings (SSSR count). The largest absolute Gasteiger partial charge is 0.465 e. The fourth-order valence-electron chi connectivity index (χ4n) is 1.23. The molecule has 0 heterocycles. The van der Waals surface area contributed by atoms with Gasteiger partial charge in [-0.25, -0.2) is 9.59 Å². The second kappa shape index (κ2) is 5.55. The third kappa shape index (κ3) is 5.40. The van der Waals surface area contributed by atoms with Gasteiger partial charge in [0.1, 0.15) is 0 Å². The van der Waals surface area contributed by atoms with E-state index in [0.29, 0.717) is 0 Å². The zero-order valence-corrected chi connectivity index (χ0v) is 9.65. The van der Waals surface area contributed by atoms with Crippen molar-refractivity contribution in [2.75, 3.05) is 6.54 Å². The summed E-state index contributed by atoms with van der Waals surface area (Å²) in [5, 5.41) is 21.4. The fourth-order valence-corrected chi connectivity index (χ4v) is 1.23. The van der Waals surface area contributed by atoms with Crippen molar-refractivity contribution < 1.29 is 19.8 Å². The first-order chi connectivity index (χ1) is 7.14. The van der Waals surface area contributed by atoms with Gasteiger partial charge in [0.25, 0.3) is 0 Å². The lowest BCUT2D eigenvalue weighted by molar-refractivity contribution is 0.171. The average molecular weight is 233 g/mol. The zero-order valence-electron chi connectivity index (χ0n) is 9.65. The van der Waals surface area contributed by atoms with Crippen molar-refractivity contribution in [3.8, 4) is 0 Å². The molecule has 0 saturated carbocycles. The third-order valence-electron chi connectivity index (χ3n) is 2.22. The minimum atomic E-state index is -1.23. The number of hydrogen-bond donors (Lipinski definition) is 5. The number of nitrogens with two attached hydrogens (primary N) is 1. The van der Waals surface area contributed by atoms with Crippen molar-refractivity contribution in [1.29, 1.82) is 0 Å². The van der Waals surface area contributed by atoms with Gasteiger partial charge < -0.3 is 26.6 Å². The van der Waals surface area contributed by atoms with Gasteiger partial charge in [0, 0.05) is 12.6 Å². The van der Waals surface area contributed by atoms with Crippen LogP contribution in [0.4, 0.5) is 9.59 Å². The molecular formula is C9H19N3O4. The van der Waals surface area contributed by atoms with Gasteiger partial charge >= 0.3 is 12.2 Å². The Bertz CT molecular complexity index is 262. The number of carbonyl (C=O) groups is 2. The van der Waals surface area contributed by atoms with Gasteiger partial charge in [0.05, 0.1) is 6.04 Å². The highest BCUT2D eigenvalue weighted by molar-refractivity contribution is 5.66. The Morgan fingerprint density at radius 2 is 1.75 bits per heavy atom.